The average Bonchev–Trinajstić information content (AvgIpc) is 2.73. The summed E-state index contributed by atoms with van der Waals surface area (Å²) in [6.07, 6.45) is 4.26. The average molecular weight is 364 g/mol. The van der Waals surface area contributed by atoms with Crippen LogP contribution in [-0.4, -0.2) is 60.0 Å². The number of carbonyl (C=O) groups excluding carboxylic acids is 1. The van der Waals surface area contributed by atoms with Crippen LogP contribution in [0.4, 0.5) is 5.82 Å². The maximum absolute atomic E-state index is 12.6. The van der Waals surface area contributed by atoms with Crippen molar-refractivity contribution in [3.63, 3.8) is 0 Å². The van der Waals surface area contributed by atoms with Crippen LogP contribution in [0.2, 0.25) is 0 Å². The van der Waals surface area contributed by atoms with Gasteiger partial charge in [0.25, 0.3) is 0 Å². The SMILES string of the molecule is C=CCN(CCC(=O)N1CCN(c2ccccn2)CC1)Cc1ccccc1. The van der Waals surface area contributed by atoms with Crippen molar-refractivity contribution < 1.29 is 4.79 Å². The van der Waals surface area contributed by atoms with E-state index in [-0.39, 0.29) is 5.91 Å². The van der Waals surface area contributed by atoms with Crippen LogP contribution in [0, 0.1) is 0 Å². The summed E-state index contributed by atoms with van der Waals surface area (Å²) < 4.78 is 0. The number of carbonyl (C=O) groups is 1. The predicted octanol–water partition coefficient (Wildman–Crippen LogP) is 2.81. The molecule has 1 aromatic carbocycles. The monoisotopic (exact) mass is 364 g/mol. The molecule has 0 saturated carbocycles. The number of piperazine rings is 1. The molecular formula is C22H28N4O. The van der Waals surface area contributed by atoms with Gasteiger partial charge >= 0.3 is 0 Å². The Kier molecular flexibility index (Phi) is 6.99. The summed E-state index contributed by atoms with van der Waals surface area (Å²) in [4.78, 5) is 23.5. The smallest absolute Gasteiger partial charge is 0.223 e. The number of pyridine rings is 1. The zero-order valence-corrected chi connectivity index (χ0v) is 15.8. The first-order valence-corrected chi connectivity index (χ1v) is 9.57. The van der Waals surface area contributed by atoms with Gasteiger partial charge in [0.1, 0.15) is 5.82 Å². The zero-order valence-electron chi connectivity index (χ0n) is 15.8. The number of benzene rings is 1. The Balaban J connectivity index is 1.46. The van der Waals surface area contributed by atoms with Gasteiger partial charge in [0.05, 0.1) is 0 Å². The van der Waals surface area contributed by atoms with E-state index in [1.54, 1.807) is 0 Å². The second kappa shape index (κ2) is 9.88. The summed E-state index contributed by atoms with van der Waals surface area (Å²) >= 11 is 0. The van der Waals surface area contributed by atoms with E-state index in [4.69, 9.17) is 0 Å². The molecule has 0 spiro atoms. The number of anilines is 1. The molecule has 1 amide bonds. The Morgan fingerprint density at radius 2 is 1.81 bits per heavy atom. The van der Waals surface area contributed by atoms with Gasteiger partial charge in [0.2, 0.25) is 5.91 Å². The highest BCUT2D eigenvalue weighted by Crippen LogP contribution is 2.13. The lowest BCUT2D eigenvalue weighted by molar-refractivity contribution is -0.131. The summed E-state index contributed by atoms with van der Waals surface area (Å²) in [6, 6.07) is 16.3. The Bertz CT molecular complexity index is 712. The van der Waals surface area contributed by atoms with Crippen molar-refractivity contribution in [2.24, 2.45) is 0 Å². The number of hydrogen-bond donors (Lipinski definition) is 0. The second-order valence-corrected chi connectivity index (χ2v) is 6.82. The Morgan fingerprint density at radius 3 is 2.48 bits per heavy atom. The van der Waals surface area contributed by atoms with Crippen LogP contribution in [-0.2, 0) is 11.3 Å². The van der Waals surface area contributed by atoms with Crippen molar-refractivity contribution in [1.29, 1.82) is 0 Å². The first-order valence-electron chi connectivity index (χ1n) is 9.57. The van der Waals surface area contributed by atoms with Gasteiger partial charge in [-0.05, 0) is 17.7 Å². The molecule has 0 unspecified atom stereocenters. The van der Waals surface area contributed by atoms with Crippen LogP contribution in [0.3, 0.4) is 0 Å². The van der Waals surface area contributed by atoms with E-state index in [9.17, 15) is 4.79 Å². The Morgan fingerprint density at radius 1 is 1.07 bits per heavy atom. The fourth-order valence-electron chi connectivity index (χ4n) is 3.40. The summed E-state index contributed by atoms with van der Waals surface area (Å²) in [7, 11) is 0. The van der Waals surface area contributed by atoms with Crippen LogP contribution >= 0.6 is 0 Å². The summed E-state index contributed by atoms with van der Waals surface area (Å²) in [5.41, 5.74) is 1.26. The highest BCUT2D eigenvalue weighted by atomic mass is 16.2. The molecule has 27 heavy (non-hydrogen) atoms. The quantitative estimate of drug-likeness (QED) is 0.676. The van der Waals surface area contributed by atoms with Gasteiger partial charge in [-0.3, -0.25) is 9.69 Å². The third-order valence-corrected chi connectivity index (χ3v) is 4.88. The highest BCUT2D eigenvalue weighted by molar-refractivity contribution is 5.76. The molecule has 0 N–H and O–H groups in total. The van der Waals surface area contributed by atoms with E-state index in [0.29, 0.717) is 6.42 Å². The zero-order chi connectivity index (χ0) is 18.9. The molecule has 2 aromatic rings. The standard InChI is InChI=1S/C22H28N4O/c1-2-13-24(19-20-8-4-3-5-9-20)14-11-22(27)26-17-15-25(16-18-26)21-10-6-7-12-23-21/h2-10,12H,1,11,13-19H2. The Hall–Kier alpha value is -2.66. The summed E-state index contributed by atoms with van der Waals surface area (Å²) in [5.74, 6) is 1.22. The van der Waals surface area contributed by atoms with E-state index < -0.39 is 0 Å². The lowest BCUT2D eigenvalue weighted by atomic mass is 10.2. The largest absolute Gasteiger partial charge is 0.353 e. The molecule has 0 atom stereocenters. The van der Waals surface area contributed by atoms with Gasteiger partial charge in [-0.25, -0.2) is 4.98 Å². The molecule has 1 aromatic heterocycles. The van der Waals surface area contributed by atoms with Gasteiger partial charge < -0.3 is 9.80 Å². The third-order valence-electron chi connectivity index (χ3n) is 4.88. The molecule has 5 nitrogen and oxygen atoms in total. The fourth-order valence-corrected chi connectivity index (χ4v) is 3.40. The maximum atomic E-state index is 12.6. The molecule has 3 rings (SSSR count). The maximum Gasteiger partial charge on any atom is 0.223 e. The number of nitrogens with zero attached hydrogens (tertiary/aromatic N) is 4. The van der Waals surface area contributed by atoms with E-state index >= 15 is 0 Å². The molecule has 5 heteroatoms. The molecule has 0 aliphatic carbocycles. The lowest BCUT2D eigenvalue weighted by Gasteiger charge is -2.35. The number of aromatic nitrogens is 1. The van der Waals surface area contributed by atoms with Gasteiger partial charge in [-0.2, -0.15) is 0 Å². The molecule has 1 saturated heterocycles. The van der Waals surface area contributed by atoms with Crippen LogP contribution in [0.1, 0.15) is 12.0 Å². The van der Waals surface area contributed by atoms with Gasteiger partial charge in [-0.1, -0.05) is 42.5 Å². The van der Waals surface area contributed by atoms with Crippen molar-refractivity contribution in [2.45, 2.75) is 13.0 Å². The first kappa shape index (κ1) is 19.1. The van der Waals surface area contributed by atoms with Gasteiger partial charge in [-0.15, -0.1) is 6.58 Å². The molecule has 1 aliphatic heterocycles. The number of amides is 1. The van der Waals surface area contributed by atoms with Gasteiger partial charge in [0, 0.05) is 58.4 Å². The third kappa shape index (κ3) is 5.66. The van der Waals surface area contributed by atoms with Crippen LogP contribution in [0.15, 0.2) is 67.4 Å². The molecule has 0 bridgehead atoms. The Labute approximate surface area is 161 Å². The van der Waals surface area contributed by atoms with Crippen molar-refractivity contribution in [1.82, 2.24) is 14.8 Å². The van der Waals surface area contributed by atoms with Crippen LogP contribution in [0.5, 0.6) is 0 Å². The van der Waals surface area contributed by atoms with Crippen molar-refractivity contribution in [3.05, 3.63) is 72.9 Å². The normalized spacial score (nSPS) is 14.4. The first-order chi connectivity index (χ1) is 13.3. The molecular weight excluding hydrogens is 336 g/mol. The highest BCUT2D eigenvalue weighted by Gasteiger charge is 2.22. The van der Waals surface area contributed by atoms with Crippen LogP contribution < -0.4 is 4.90 Å². The molecule has 142 valence electrons. The van der Waals surface area contributed by atoms with E-state index in [1.165, 1.54) is 5.56 Å². The predicted molar refractivity (Wildman–Crippen MR) is 110 cm³/mol. The summed E-state index contributed by atoms with van der Waals surface area (Å²) in [5, 5.41) is 0. The summed E-state index contributed by atoms with van der Waals surface area (Å²) in [6.45, 7) is 9.42. The number of hydrogen-bond acceptors (Lipinski definition) is 4. The van der Waals surface area contributed by atoms with E-state index in [1.807, 2.05) is 53.6 Å². The van der Waals surface area contributed by atoms with Crippen LogP contribution in [0.25, 0.3) is 0 Å². The van der Waals surface area contributed by atoms with Crippen molar-refractivity contribution in [3.8, 4) is 0 Å². The van der Waals surface area contributed by atoms with Gasteiger partial charge in [0.15, 0.2) is 0 Å². The number of rotatable bonds is 8. The topological polar surface area (TPSA) is 39.7 Å². The minimum Gasteiger partial charge on any atom is -0.353 e. The molecule has 1 aliphatic rings. The minimum absolute atomic E-state index is 0.234. The van der Waals surface area contributed by atoms with E-state index in [2.05, 4.69) is 33.5 Å². The lowest BCUT2D eigenvalue weighted by Crippen LogP contribution is -2.49. The second-order valence-electron chi connectivity index (χ2n) is 6.82. The molecule has 0 radical (unpaired) electrons. The minimum atomic E-state index is 0.234. The molecule has 1 fully saturated rings. The van der Waals surface area contributed by atoms with Crippen molar-refractivity contribution >= 4 is 11.7 Å². The van der Waals surface area contributed by atoms with Crippen molar-refractivity contribution in [2.75, 3.05) is 44.2 Å². The molecule has 2 heterocycles. The fraction of sp³-hybridized carbons (Fsp3) is 0.364. The van der Waals surface area contributed by atoms with E-state index in [0.717, 1.165) is 51.6 Å².